The number of rotatable bonds is 8. The van der Waals surface area contributed by atoms with Crippen LogP contribution in [0.4, 0.5) is 15.8 Å². The molecule has 0 saturated heterocycles. The highest BCUT2D eigenvalue weighted by molar-refractivity contribution is 8.00. The molecule has 166 valence electrons. The summed E-state index contributed by atoms with van der Waals surface area (Å²) >= 11 is 6.99. The Balaban J connectivity index is 1.65. The largest absolute Gasteiger partial charge is 0.493 e. The molecule has 0 heterocycles. The maximum Gasteiger partial charge on any atom is 0.256 e. The summed E-state index contributed by atoms with van der Waals surface area (Å²) in [7, 11) is 3.05. The molecule has 2 amide bonds. The summed E-state index contributed by atoms with van der Waals surface area (Å²) in [5.41, 5.74) is 1.32. The summed E-state index contributed by atoms with van der Waals surface area (Å²) in [6.07, 6.45) is 0. The number of carbonyl (C=O) groups is 2. The SMILES string of the molecule is COc1ccc(NC(=O)CSc2ccccc2C(=O)Nc2ccc(F)c(Cl)c2)cc1OC. The Morgan fingerprint density at radius 2 is 1.62 bits per heavy atom. The number of halogens is 2. The zero-order chi connectivity index (χ0) is 23.1. The van der Waals surface area contributed by atoms with Crippen LogP contribution < -0.4 is 20.1 Å². The monoisotopic (exact) mass is 474 g/mol. The van der Waals surface area contributed by atoms with E-state index in [1.165, 1.54) is 44.2 Å². The third-order valence-corrected chi connectivity index (χ3v) is 5.70. The zero-order valence-corrected chi connectivity index (χ0v) is 18.9. The minimum atomic E-state index is -0.568. The van der Waals surface area contributed by atoms with Crippen molar-refractivity contribution >= 4 is 46.6 Å². The summed E-state index contributed by atoms with van der Waals surface area (Å²) in [5.74, 6) is -0.0656. The van der Waals surface area contributed by atoms with Crippen molar-refractivity contribution in [3.63, 3.8) is 0 Å². The van der Waals surface area contributed by atoms with Crippen LogP contribution in [-0.4, -0.2) is 31.8 Å². The molecule has 3 aromatic carbocycles. The molecular formula is C23H20ClFN2O4S. The number of methoxy groups -OCH3 is 2. The molecule has 2 N–H and O–H groups in total. The number of hydrogen-bond acceptors (Lipinski definition) is 5. The second-order valence-corrected chi connectivity index (χ2v) is 7.91. The highest BCUT2D eigenvalue weighted by Gasteiger charge is 2.14. The van der Waals surface area contributed by atoms with Gasteiger partial charge >= 0.3 is 0 Å². The van der Waals surface area contributed by atoms with Gasteiger partial charge in [0.2, 0.25) is 5.91 Å². The van der Waals surface area contributed by atoms with Gasteiger partial charge in [-0.05, 0) is 42.5 Å². The lowest BCUT2D eigenvalue weighted by Gasteiger charge is -2.12. The topological polar surface area (TPSA) is 76.7 Å². The number of amides is 2. The van der Waals surface area contributed by atoms with Crippen LogP contribution in [0.25, 0.3) is 0 Å². The van der Waals surface area contributed by atoms with Crippen LogP contribution in [0.3, 0.4) is 0 Å². The van der Waals surface area contributed by atoms with Crippen molar-refractivity contribution in [1.82, 2.24) is 0 Å². The van der Waals surface area contributed by atoms with E-state index in [0.29, 0.717) is 33.3 Å². The normalized spacial score (nSPS) is 10.4. The number of anilines is 2. The number of hydrogen-bond donors (Lipinski definition) is 2. The number of nitrogens with one attached hydrogen (secondary N) is 2. The fourth-order valence-corrected chi connectivity index (χ4v) is 3.84. The quantitative estimate of drug-likeness (QED) is 0.423. The lowest BCUT2D eigenvalue weighted by molar-refractivity contribution is -0.113. The number of carbonyl (C=O) groups excluding carboxylic acids is 2. The minimum Gasteiger partial charge on any atom is -0.493 e. The summed E-state index contributed by atoms with van der Waals surface area (Å²) in [5, 5.41) is 5.39. The minimum absolute atomic E-state index is 0.0843. The molecule has 3 aromatic rings. The highest BCUT2D eigenvalue weighted by atomic mass is 35.5. The van der Waals surface area contributed by atoms with Gasteiger partial charge in [0, 0.05) is 22.3 Å². The molecule has 0 radical (unpaired) electrons. The van der Waals surface area contributed by atoms with Crippen molar-refractivity contribution in [3.05, 3.63) is 77.1 Å². The Morgan fingerprint density at radius 1 is 0.938 bits per heavy atom. The van der Waals surface area contributed by atoms with E-state index in [-0.39, 0.29) is 16.7 Å². The first-order chi connectivity index (χ1) is 15.4. The van der Waals surface area contributed by atoms with Gasteiger partial charge in [0.25, 0.3) is 5.91 Å². The standard InChI is InChI=1S/C23H20ClFN2O4S/c1-30-19-10-8-15(12-20(19)31-2)26-22(28)13-32-21-6-4-3-5-16(21)23(29)27-14-7-9-18(25)17(24)11-14/h3-12H,13H2,1-2H3,(H,26,28)(H,27,29). The molecule has 0 aliphatic rings. The van der Waals surface area contributed by atoms with Gasteiger partial charge in [0.15, 0.2) is 11.5 Å². The third kappa shape index (κ3) is 5.93. The maximum atomic E-state index is 13.3. The Bertz CT molecular complexity index is 1140. The molecule has 0 spiro atoms. The predicted octanol–water partition coefficient (Wildman–Crippen LogP) is 5.48. The molecule has 0 fully saturated rings. The molecule has 0 bridgehead atoms. The van der Waals surface area contributed by atoms with Crippen LogP contribution in [0.5, 0.6) is 11.5 Å². The molecule has 32 heavy (non-hydrogen) atoms. The molecule has 0 unspecified atom stereocenters. The molecular weight excluding hydrogens is 455 g/mol. The molecule has 0 aliphatic heterocycles. The van der Waals surface area contributed by atoms with Gasteiger partial charge in [-0.25, -0.2) is 4.39 Å². The van der Waals surface area contributed by atoms with Crippen LogP contribution in [0, 0.1) is 5.82 Å². The van der Waals surface area contributed by atoms with E-state index in [1.807, 2.05) is 0 Å². The van der Waals surface area contributed by atoms with Crippen molar-refractivity contribution in [2.45, 2.75) is 4.90 Å². The Kier molecular flexibility index (Phi) is 7.97. The number of thioether (sulfide) groups is 1. The third-order valence-electron chi connectivity index (χ3n) is 4.34. The maximum absolute atomic E-state index is 13.3. The Hall–Kier alpha value is -3.23. The van der Waals surface area contributed by atoms with E-state index in [2.05, 4.69) is 10.6 Å². The first-order valence-corrected chi connectivity index (χ1v) is 10.8. The number of ether oxygens (including phenoxy) is 2. The molecule has 0 aromatic heterocycles. The first-order valence-electron chi connectivity index (χ1n) is 9.41. The summed E-state index contributed by atoms with van der Waals surface area (Å²) < 4.78 is 23.8. The van der Waals surface area contributed by atoms with Gasteiger partial charge in [-0.2, -0.15) is 0 Å². The smallest absolute Gasteiger partial charge is 0.256 e. The predicted molar refractivity (Wildman–Crippen MR) is 125 cm³/mol. The fraction of sp³-hybridized carbons (Fsp3) is 0.130. The fourth-order valence-electron chi connectivity index (χ4n) is 2.81. The second kappa shape index (κ2) is 10.9. The van der Waals surface area contributed by atoms with Crippen molar-refractivity contribution in [1.29, 1.82) is 0 Å². The van der Waals surface area contributed by atoms with Gasteiger partial charge in [0.05, 0.1) is 30.6 Å². The Labute approximate surface area is 194 Å². The summed E-state index contributed by atoms with van der Waals surface area (Å²) in [6.45, 7) is 0. The van der Waals surface area contributed by atoms with Crippen molar-refractivity contribution < 1.29 is 23.5 Å². The summed E-state index contributed by atoms with van der Waals surface area (Å²) in [4.78, 5) is 25.8. The lowest BCUT2D eigenvalue weighted by Crippen LogP contribution is -2.16. The lowest BCUT2D eigenvalue weighted by atomic mass is 10.2. The molecule has 0 atom stereocenters. The van der Waals surface area contributed by atoms with Crippen LogP contribution in [0.15, 0.2) is 65.6 Å². The number of benzene rings is 3. The second-order valence-electron chi connectivity index (χ2n) is 6.49. The van der Waals surface area contributed by atoms with Gasteiger partial charge in [-0.1, -0.05) is 23.7 Å². The molecule has 9 heteroatoms. The zero-order valence-electron chi connectivity index (χ0n) is 17.3. The van der Waals surface area contributed by atoms with Gasteiger partial charge < -0.3 is 20.1 Å². The molecule has 0 aliphatic carbocycles. The molecule has 0 saturated carbocycles. The van der Waals surface area contributed by atoms with Gasteiger partial charge in [-0.3, -0.25) is 9.59 Å². The molecule has 6 nitrogen and oxygen atoms in total. The van der Waals surface area contributed by atoms with Gasteiger partial charge in [0.1, 0.15) is 5.82 Å². The van der Waals surface area contributed by atoms with Crippen LogP contribution in [0.1, 0.15) is 10.4 Å². The van der Waals surface area contributed by atoms with Crippen molar-refractivity contribution in [2.75, 3.05) is 30.6 Å². The van der Waals surface area contributed by atoms with Crippen LogP contribution in [0.2, 0.25) is 5.02 Å². The average Bonchev–Trinajstić information content (AvgIpc) is 2.80. The van der Waals surface area contributed by atoms with E-state index >= 15 is 0 Å². The van der Waals surface area contributed by atoms with Gasteiger partial charge in [-0.15, -0.1) is 11.8 Å². The average molecular weight is 475 g/mol. The van der Waals surface area contributed by atoms with E-state index in [1.54, 1.807) is 42.5 Å². The van der Waals surface area contributed by atoms with E-state index in [9.17, 15) is 14.0 Å². The van der Waals surface area contributed by atoms with Crippen molar-refractivity contribution in [3.8, 4) is 11.5 Å². The van der Waals surface area contributed by atoms with Crippen LogP contribution >= 0.6 is 23.4 Å². The van der Waals surface area contributed by atoms with E-state index < -0.39 is 11.7 Å². The molecule has 3 rings (SSSR count). The van der Waals surface area contributed by atoms with E-state index in [0.717, 1.165) is 0 Å². The van der Waals surface area contributed by atoms with Crippen molar-refractivity contribution in [2.24, 2.45) is 0 Å². The van der Waals surface area contributed by atoms with Crippen LogP contribution in [-0.2, 0) is 4.79 Å². The first kappa shape index (κ1) is 23.4. The summed E-state index contributed by atoms with van der Waals surface area (Å²) in [6, 6.07) is 15.9. The Morgan fingerprint density at radius 3 is 2.34 bits per heavy atom. The van der Waals surface area contributed by atoms with E-state index in [4.69, 9.17) is 21.1 Å². The highest BCUT2D eigenvalue weighted by Crippen LogP contribution is 2.30.